The summed E-state index contributed by atoms with van der Waals surface area (Å²) in [5.74, 6) is -1.37. The maximum Gasteiger partial charge on any atom is 0.135 e. The molecule has 0 nitrogen and oxygen atoms in total. The third kappa shape index (κ3) is 3.30. The van der Waals surface area contributed by atoms with Crippen molar-refractivity contribution in [1.29, 1.82) is 0 Å². The standard InChI is InChI=1S/C22H19F3S/c23-18-11-15(14-5-2-1-3-6-14)8-9-17(18)16-12-19(24)22(20(25)13-16)21-7-4-10-26-21/h4,7-14H,1-3,5-6H2. The highest BCUT2D eigenvalue weighted by atomic mass is 32.1. The molecule has 1 aliphatic carbocycles. The van der Waals surface area contributed by atoms with Crippen LogP contribution in [0.4, 0.5) is 13.2 Å². The van der Waals surface area contributed by atoms with Gasteiger partial charge in [-0.3, -0.25) is 0 Å². The molecule has 0 amide bonds. The number of halogens is 3. The number of rotatable bonds is 3. The summed E-state index contributed by atoms with van der Waals surface area (Å²) in [4.78, 5) is 0.527. The van der Waals surface area contributed by atoms with Crippen LogP contribution < -0.4 is 0 Å². The minimum absolute atomic E-state index is 0.0528. The van der Waals surface area contributed by atoms with Gasteiger partial charge in [-0.25, -0.2) is 13.2 Å². The molecular formula is C22H19F3S. The summed E-state index contributed by atoms with van der Waals surface area (Å²) < 4.78 is 43.7. The van der Waals surface area contributed by atoms with E-state index in [1.807, 2.05) is 6.07 Å². The van der Waals surface area contributed by atoms with E-state index in [-0.39, 0.29) is 16.7 Å². The highest BCUT2D eigenvalue weighted by Crippen LogP contribution is 2.37. The van der Waals surface area contributed by atoms with E-state index >= 15 is 0 Å². The molecule has 3 aromatic rings. The first-order chi connectivity index (χ1) is 12.6. The van der Waals surface area contributed by atoms with E-state index in [4.69, 9.17) is 0 Å². The van der Waals surface area contributed by atoms with Gasteiger partial charge in [0.1, 0.15) is 17.5 Å². The fourth-order valence-corrected chi connectivity index (χ4v) is 4.61. The van der Waals surface area contributed by atoms with Gasteiger partial charge in [-0.05, 0) is 59.5 Å². The zero-order valence-corrected chi connectivity index (χ0v) is 15.1. The predicted octanol–water partition coefficient (Wildman–Crippen LogP) is 7.55. The van der Waals surface area contributed by atoms with Crippen LogP contribution in [0.25, 0.3) is 21.6 Å². The van der Waals surface area contributed by atoms with E-state index in [2.05, 4.69) is 0 Å². The number of benzene rings is 2. The Hall–Kier alpha value is -2.07. The summed E-state index contributed by atoms with van der Waals surface area (Å²) in [6, 6.07) is 10.9. The van der Waals surface area contributed by atoms with Crippen molar-refractivity contribution in [3.63, 3.8) is 0 Å². The van der Waals surface area contributed by atoms with E-state index < -0.39 is 17.5 Å². The largest absolute Gasteiger partial charge is 0.206 e. The van der Waals surface area contributed by atoms with Crippen molar-refractivity contribution >= 4 is 11.3 Å². The Bertz CT molecular complexity index is 886. The van der Waals surface area contributed by atoms with Crippen LogP contribution in [0.15, 0.2) is 47.8 Å². The highest BCUT2D eigenvalue weighted by Gasteiger charge is 2.19. The first-order valence-electron chi connectivity index (χ1n) is 8.96. The fraction of sp³-hybridized carbons (Fsp3) is 0.273. The molecule has 0 aliphatic heterocycles. The summed E-state index contributed by atoms with van der Waals surface area (Å²) >= 11 is 1.27. The van der Waals surface area contributed by atoms with Crippen LogP contribution in [0.2, 0.25) is 0 Å². The van der Waals surface area contributed by atoms with Crippen LogP contribution in [0, 0.1) is 17.5 Å². The van der Waals surface area contributed by atoms with Crippen LogP contribution >= 0.6 is 11.3 Å². The zero-order valence-electron chi connectivity index (χ0n) is 14.3. The SMILES string of the molecule is Fc1cc(C2CCCCC2)ccc1-c1cc(F)c(-c2cccs2)c(F)c1. The van der Waals surface area contributed by atoms with Crippen LogP contribution in [0.1, 0.15) is 43.6 Å². The summed E-state index contributed by atoms with van der Waals surface area (Å²) in [5.41, 5.74) is 1.40. The minimum Gasteiger partial charge on any atom is -0.206 e. The van der Waals surface area contributed by atoms with Crippen molar-refractivity contribution in [2.45, 2.75) is 38.0 Å². The first-order valence-corrected chi connectivity index (χ1v) is 9.84. The Morgan fingerprint density at radius 1 is 0.808 bits per heavy atom. The van der Waals surface area contributed by atoms with Gasteiger partial charge in [-0.2, -0.15) is 0 Å². The van der Waals surface area contributed by atoms with Crippen molar-refractivity contribution in [3.8, 4) is 21.6 Å². The second-order valence-electron chi connectivity index (χ2n) is 6.87. The van der Waals surface area contributed by atoms with Crippen LogP contribution in [-0.2, 0) is 0 Å². The van der Waals surface area contributed by atoms with Gasteiger partial charge in [-0.1, -0.05) is 37.5 Å². The molecule has 26 heavy (non-hydrogen) atoms. The normalized spacial score (nSPS) is 15.3. The molecule has 0 bridgehead atoms. The van der Waals surface area contributed by atoms with Gasteiger partial charge in [0.15, 0.2) is 0 Å². The minimum atomic E-state index is -0.668. The molecule has 1 saturated carbocycles. The average molecular weight is 372 g/mol. The Balaban J connectivity index is 1.69. The van der Waals surface area contributed by atoms with Gasteiger partial charge in [0.2, 0.25) is 0 Å². The number of hydrogen-bond acceptors (Lipinski definition) is 1. The maximum absolute atomic E-state index is 14.7. The molecule has 2 aromatic carbocycles. The molecule has 0 spiro atoms. The molecule has 0 unspecified atom stereocenters. The fourth-order valence-electron chi connectivity index (χ4n) is 3.84. The van der Waals surface area contributed by atoms with E-state index in [1.165, 1.54) is 48.8 Å². The average Bonchev–Trinajstić information content (AvgIpc) is 3.16. The second kappa shape index (κ2) is 7.28. The predicted molar refractivity (Wildman–Crippen MR) is 101 cm³/mol. The van der Waals surface area contributed by atoms with Gasteiger partial charge in [0.25, 0.3) is 0 Å². The molecule has 1 aromatic heterocycles. The maximum atomic E-state index is 14.7. The van der Waals surface area contributed by atoms with E-state index in [0.717, 1.165) is 18.4 Å². The monoisotopic (exact) mass is 372 g/mol. The quantitative estimate of drug-likeness (QED) is 0.445. The third-order valence-corrected chi connectivity index (χ3v) is 6.08. The topological polar surface area (TPSA) is 0 Å². The molecule has 1 aliphatic rings. The molecular weight excluding hydrogens is 353 g/mol. The third-order valence-electron chi connectivity index (χ3n) is 5.19. The van der Waals surface area contributed by atoms with Crippen molar-refractivity contribution in [1.82, 2.24) is 0 Å². The molecule has 4 rings (SSSR count). The lowest BCUT2D eigenvalue weighted by Gasteiger charge is -2.22. The van der Waals surface area contributed by atoms with Crippen molar-refractivity contribution in [2.24, 2.45) is 0 Å². The highest BCUT2D eigenvalue weighted by molar-refractivity contribution is 7.13. The lowest BCUT2D eigenvalue weighted by atomic mass is 9.83. The smallest absolute Gasteiger partial charge is 0.135 e. The lowest BCUT2D eigenvalue weighted by molar-refractivity contribution is 0.442. The summed E-state index contributed by atoms with van der Waals surface area (Å²) in [5, 5.41) is 1.77. The van der Waals surface area contributed by atoms with E-state index in [9.17, 15) is 13.2 Å². The van der Waals surface area contributed by atoms with Crippen molar-refractivity contribution in [2.75, 3.05) is 0 Å². The molecule has 4 heteroatoms. The first kappa shape index (κ1) is 17.3. The van der Waals surface area contributed by atoms with Gasteiger partial charge >= 0.3 is 0 Å². The Labute approximate surface area is 155 Å². The summed E-state index contributed by atoms with van der Waals surface area (Å²) in [7, 11) is 0. The van der Waals surface area contributed by atoms with Crippen LogP contribution in [-0.4, -0.2) is 0 Å². The number of thiophene rings is 1. The molecule has 0 atom stereocenters. The van der Waals surface area contributed by atoms with Crippen LogP contribution in [0.3, 0.4) is 0 Å². The molecule has 0 radical (unpaired) electrons. The van der Waals surface area contributed by atoms with Crippen molar-refractivity contribution in [3.05, 3.63) is 70.9 Å². The second-order valence-corrected chi connectivity index (χ2v) is 7.81. The van der Waals surface area contributed by atoms with Gasteiger partial charge in [0.05, 0.1) is 5.56 Å². The van der Waals surface area contributed by atoms with Gasteiger partial charge < -0.3 is 0 Å². The van der Waals surface area contributed by atoms with Crippen LogP contribution in [0.5, 0.6) is 0 Å². The molecule has 0 N–H and O–H groups in total. The molecule has 1 heterocycles. The molecule has 134 valence electrons. The van der Waals surface area contributed by atoms with E-state index in [0.29, 0.717) is 10.8 Å². The molecule has 0 saturated heterocycles. The Morgan fingerprint density at radius 2 is 1.54 bits per heavy atom. The summed E-state index contributed by atoms with van der Waals surface area (Å²) in [6.07, 6.45) is 5.75. The zero-order chi connectivity index (χ0) is 18.1. The number of hydrogen-bond donors (Lipinski definition) is 0. The van der Waals surface area contributed by atoms with E-state index in [1.54, 1.807) is 23.6 Å². The van der Waals surface area contributed by atoms with Crippen molar-refractivity contribution < 1.29 is 13.2 Å². The lowest BCUT2D eigenvalue weighted by Crippen LogP contribution is -2.05. The Morgan fingerprint density at radius 3 is 2.15 bits per heavy atom. The summed E-state index contributed by atoms with van der Waals surface area (Å²) in [6.45, 7) is 0. The molecule has 1 fully saturated rings. The van der Waals surface area contributed by atoms with Gasteiger partial charge in [0, 0.05) is 10.4 Å². The van der Waals surface area contributed by atoms with Gasteiger partial charge in [-0.15, -0.1) is 11.3 Å². The Kier molecular flexibility index (Phi) is 4.86.